The molecule has 24 heavy (non-hydrogen) atoms. The van der Waals surface area contributed by atoms with Crippen LogP contribution in [0.3, 0.4) is 0 Å². The van der Waals surface area contributed by atoms with Gasteiger partial charge in [-0.05, 0) is 38.3 Å². The van der Waals surface area contributed by atoms with Gasteiger partial charge in [0.15, 0.2) is 11.8 Å². The second-order valence-electron chi connectivity index (χ2n) is 6.24. The molecule has 0 aliphatic carbocycles. The number of piperidine rings is 1. The highest BCUT2D eigenvalue weighted by Crippen LogP contribution is 2.18. The molecule has 0 aromatic carbocycles. The number of aliphatic imine (C=N–C) groups is 1. The standard InChI is InChI=1S/C18H22N4OS/c1-14-13-24-18(21-14)15(10-19)11-20-12-16(17-6-5-9-23-17)22-7-3-2-4-8-22/h5-6,9,11,13,15-16H,2-4,7-8,12H2,1H3/p+1/t15-,16+/m1/s1. The summed E-state index contributed by atoms with van der Waals surface area (Å²) >= 11 is 1.52. The van der Waals surface area contributed by atoms with Crippen molar-refractivity contribution in [2.45, 2.75) is 38.1 Å². The maximum absolute atomic E-state index is 9.39. The van der Waals surface area contributed by atoms with Crippen molar-refractivity contribution < 1.29 is 9.32 Å². The molecule has 126 valence electrons. The first kappa shape index (κ1) is 16.9. The third kappa shape index (κ3) is 4.11. The average Bonchev–Trinajstić information content (AvgIpc) is 3.28. The van der Waals surface area contributed by atoms with E-state index in [0.29, 0.717) is 6.54 Å². The Morgan fingerprint density at radius 2 is 2.29 bits per heavy atom. The van der Waals surface area contributed by atoms with Crippen LogP contribution in [0.1, 0.15) is 47.7 Å². The fourth-order valence-electron chi connectivity index (χ4n) is 3.20. The zero-order valence-corrected chi connectivity index (χ0v) is 14.8. The highest BCUT2D eigenvalue weighted by Gasteiger charge is 2.27. The van der Waals surface area contributed by atoms with E-state index in [1.54, 1.807) is 12.5 Å². The summed E-state index contributed by atoms with van der Waals surface area (Å²) in [6, 6.07) is 6.49. The van der Waals surface area contributed by atoms with Crippen LogP contribution in [0.25, 0.3) is 0 Å². The Bertz CT molecular complexity index is 695. The molecular formula is C18H23N4OS+. The molecule has 0 amide bonds. The van der Waals surface area contributed by atoms with E-state index in [-0.39, 0.29) is 12.0 Å². The van der Waals surface area contributed by atoms with Crippen LogP contribution in [0, 0.1) is 18.3 Å². The van der Waals surface area contributed by atoms with Gasteiger partial charge in [0.2, 0.25) is 0 Å². The molecule has 2 atom stereocenters. The van der Waals surface area contributed by atoms with Crippen molar-refractivity contribution in [2.24, 2.45) is 4.99 Å². The second-order valence-corrected chi connectivity index (χ2v) is 7.12. The topological polar surface area (TPSA) is 66.6 Å². The summed E-state index contributed by atoms with van der Waals surface area (Å²) in [5, 5.41) is 12.2. The predicted molar refractivity (Wildman–Crippen MR) is 94.6 cm³/mol. The van der Waals surface area contributed by atoms with Crippen molar-refractivity contribution in [1.29, 1.82) is 5.26 Å². The van der Waals surface area contributed by atoms with Crippen LogP contribution in [-0.2, 0) is 0 Å². The molecule has 0 unspecified atom stereocenters. The van der Waals surface area contributed by atoms with Crippen LogP contribution in [0.5, 0.6) is 0 Å². The molecule has 1 N–H and O–H groups in total. The van der Waals surface area contributed by atoms with Gasteiger partial charge in [0.05, 0.1) is 32.0 Å². The van der Waals surface area contributed by atoms with Crippen LogP contribution in [0.4, 0.5) is 0 Å². The summed E-state index contributed by atoms with van der Waals surface area (Å²) in [6.45, 7) is 4.91. The lowest BCUT2D eigenvalue weighted by Crippen LogP contribution is -3.13. The van der Waals surface area contributed by atoms with Crippen molar-refractivity contribution in [3.8, 4) is 6.07 Å². The van der Waals surface area contributed by atoms with E-state index in [1.807, 2.05) is 24.4 Å². The number of hydrogen-bond donors (Lipinski definition) is 1. The molecule has 0 spiro atoms. The maximum atomic E-state index is 9.39. The number of hydrogen-bond acceptors (Lipinski definition) is 5. The van der Waals surface area contributed by atoms with Crippen molar-refractivity contribution in [2.75, 3.05) is 19.6 Å². The van der Waals surface area contributed by atoms with E-state index in [2.05, 4.69) is 16.0 Å². The summed E-state index contributed by atoms with van der Waals surface area (Å²) in [5.74, 6) is 0.625. The number of rotatable bonds is 6. The third-order valence-corrected chi connectivity index (χ3v) is 5.51. The van der Waals surface area contributed by atoms with Crippen LogP contribution < -0.4 is 4.90 Å². The smallest absolute Gasteiger partial charge is 0.166 e. The molecule has 6 heteroatoms. The van der Waals surface area contributed by atoms with Gasteiger partial charge >= 0.3 is 0 Å². The Morgan fingerprint density at radius 1 is 1.46 bits per heavy atom. The number of aromatic nitrogens is 1. The van der Waals surface area contributed by atoms with Crippen molar-refractivity contribution in [3.05, 3.63) is 40.2 Å². The molecule has 3 heterocycles. The summed E-state index contributed by atoms with van der Waals surface area (Å²) < 4.78 is 5.65. The Labute approximate surface area is 146 Å². The largest absolute Gasteiger partial charge is 0.463 e. The lowest BCUT2D eigenvalue weighted by molar-refractivity contribution is -0.935. The minimum absolute atomic E-state index is 0.230. The van der Waals surface area contributed by atoms with Crippen LogP contribution in [0.15, 0.2) is 33.2 Å². The number of aryl methyl sites for hydroxylation is 1. The zero-order chi connectivity index (χ0) is 16.8. The number of quaternary nitrogens is 1. The number of thiazole rings is 1. The predicted octanol–water partition coefficient (Wildman–Crippen LogP) is 2.53. The highest BCUT2D eigenvalue weighted by atomic mass is 32.1. The number of nitriles is 1. The molecule has 0 saturated carbocycles. The summed E-state index contributed by atoms with van der Waals surface area (Å²) in [7, 11) is 0. The van der Waals surface area contributed by atoms with Crippen LogP contribution in [-0.4, -0.2) is 30.8 Å². The number of likely N-dealkylation sites (tertiary alicyclic amines) is 1. The average molecular weight is 343 g/mol. The van der Waals surface area contributed by atoms with Gasteiger partial charge in [0.25, 0.3) is 0 Å². The van der Waals surface area contributed by atoms with E-state index in [4.69, 9.17) is 4.42 Å². The minimum atomic E-state index is -0.364. The number of furan rings is 1. The molecule has 0 radical (unpaired) electrons. The number of nitrogens with one attached hydrogen (secondary N) is 1. The van der Waals surface area contributed by atoms with Crippen molar-refractivity contribution in [3.63, 3.8) is 0 Å². The van der Waals surface area contributed by atoms with Gasteiger partial charge in [-0.2, -0.15) is 5.26 Å². The molecule has 1 saturated heterocycles. The van der Waals surface area contributed by atoms with Gasteiger partial charge in [-0.3, -0.25) is 4.99 Å². The quantitative estimate of drug-likeness (QED) is 0.820. The summed E-state index contributed by atoms with van der Waals surface area (Å²) in [6.07, 6.45) is 7.31. The molecule has 1 aliphatic rings. The monoisotopic (exact) mass is 343 g/mol. The Morgan fingerprint density at radius 3 is 2.92 bits per heavy atom. The van der Waals surface area contributed by atoms with Crippen LogP contribution in [0.2, 0.25) is 0 Å². The Kier molecular flexibility index (Phi) is 5.78. The van der Waals surface area contributed by atoms with E-state index >= 15 is 0 Å². The van der Waals surface area contributed by atoms with Gasteiger partial charge in [-0.1, -0.05) is 0 Å². The normalized spacial score (nSPS) is 18.5. The van der Waals surface area contributed by atoms with Crippen molar-refractivity contribution in [1.82, 2.24) is 4.98 Å². The highest BCUT2D eigenvalue weighted by molar-refractivity contribution is 7.09. The molecule has 5 nitrogen and oxygen atoms in total. The summed E-state index contributed by atoms with van der Waals surface area (Å²) in [5.41, 5.74) is 0.954. The SMILES string of the molecule is Cc1csc([C@H](C#N)C=NC[C@@H](c2ccco2)[NH+]2CCCCC2)n1. The van der Waals surface area contributed by atoms with E-state index in [1.165, 1.54) is 35.5 Å². The van der Waals surface area contributed by atoms with Gasteiger partial charge in [-0.15, -0.1) is 11.3 Å². The molecule has 1 aliphatic heterocycles. The van der Waals surface area contributed by atoms with E-state index < -0.39 is 0 Å². The lowest BCUT2D eigenvalue weighted by Gasteiger charge is -2.29. The first-order valence-electron chi connectivity index (χ1n) is 8.47. The number of nitrogens with zero attached hydrogens (tertiary/aromatic N) is 3. The Hall–Kier alpha value is -1.97. The maximum Gasteiger partial charge on any atom is 0.166 e. The van der Waals surface area contributed by atoms with Gasteiger partial charge in [-0.25, -0.2) is 4.98 Å². The fraction of sp³-hybridized carbons (Fsp3) is 0.500. The molecule has 3 rings (SSSR count). The first-order chi connectivity index (χ1) is 11.8. The van der Waals surface area contributed by atoms with E-state index in [0.717, 1.165) is 29.6 Å². The first-order valence-corrected chi connectivity index (χ1v) is 9.35. The lowest BCUT2D eigenvalue weighted by atomic mass is 10.1. The Balaban J connectivity index is 1.69. The minimum Gasteiger partial charge on any atom is -0.463 e. The van der Waals surface area contributed by atoms with Gasteiger partial charge in [0.1, 0.15) is 10.9 Å². The fourth-order valence-corrected chi connectivity index (χ4v) is 4.00. The second kappa shape index (κ2) is 8.22. The van der Waals surface area contributed by atoms with E-state index in [9.17, 15) is 5.26 Å². The third-order valence-electron chi connectivity index (χ3n) is 4.46. The van der Waals surface area contributed by atoms with Gasteiger partial charge < -0.3 is 9.32 Å². The molecular weight excluding hydrogens is 320 g/mol. The summed E-state index contributed by atoms with van der Waals surface area (Å²) in [4.78, 5) is 10.5. The molecule has 2 aromatic heterocycles. The molecule has 2 aromatic rings. The van der Waals surface area contributed by atoms with Gasteiger partial charge in [0, 0.05) is 17.3 Å². The van der Waals surface area contributed by atoms with Crippen molar-refractivity contribution >= 4 is 17.6 Å². The molecule has 0 bridgehead atoms. The molecule has 1 fully saturated rings. The van der Waals surface area contributed by atoms with Crippen LogP contribution >= 0.6 is 11.3 Å². The zero-order valence-electron chi connectivity index (χ0n) is 13.9.